The van der Waals surface area contributed by atoms with Crippen molar-refractivity contribution in [1.29, 1.82) is 0 Å². The summed E-state index contributed by atoms with van der Waals surface area (Å²) in [5, 5.41) is 6.66. The number of nitrogens with zero attached hydrogens (tertiary/aromatic N) is 2. The van der Waals surface area contributed by atoms with Crippen LogP contribution in [0.15, 0.2) is 24.3 Å². The minimum atomic E-state index is -4.41. The zero-order chi connectivity index (χ0) is 18.9. The molecule has 1 aromatic carbocycles. The average molecular weight is 369 g/mol. The molecule has 1 amide bonds. The highest BCUT2D eigenvalue weighted by molar-refractivity contribution is 5.92. The number of carbonyl (C=O) groups is 1. The van der Waals surface area contributed by atoms with Gasteiger partial charge in [0.15, 0.2) is 0 Å². The zero-order valence-electron chi connectivity index (χ0n) is 14.2. The van der Waals surface area contributed by atoms with E-state index in [0.717, 1.165) is 23.4 Å². The molecule has 0 saturated heterocycles. The third-order valence-corrected chi connectivity index (χ3v) is 4.35. The summed E-state index contributed by atoms with van der Waals surface area (Å²) in [5.41, 5.74) is 1.74. The minimum Gasteiger partial charge on any atom is -0.333 e. The summed E-state index contributed by atoms with van der Waals surface area (Å²) >= 11 is 0. The molecule has 140 valence electrons. The number of aryl methyl sites for hydroxylation is 1. The van der Waals surface area contributed by atoms with Gasteiger partial charge in [-0.1, -0.05) is 12.1 Å². The number of alkyl halides is 3. The Labute approximate surface area is 148 Å². The highest BCUT2D eigenvalue weighted by Crippen LogP contribution is 2.39. The van der Waals surface area contributed by atoms with Crippen molar-refractivity contribution in [3.63, 3.8) is 0 Å². The third kappa shape index (κ3) is 4.62. The van der Waals surface area contributed by atoms with Gasteiger partial charge in [-0.25, -0.2) is 4.39 Å². The molecule has 0 atom stereocenters. The molecule has 3 rings (SSSR count). The first-order valence-electron chi connectivity index (χ1n) is 8.39. The molecule has 4 nitrogen and oxygen atoms in total. The van der Waals surface area contributed by atoms with E-state index < -0.39 is 30.9 Å². The average Bonchev–Trinajstić information content (AvgIpc) is 3.29. The van der Waals surface area contributed by atoms with Crippen LogP contribution in [-0.4, -0.2) is 33.7 Å². The maximum atomic E-state index is 14.1. The van der Waals surface area contributed by atoms with Crippen LogP contribution in [0.1, 0.15) is 52.5 Å². The summed E-state index contributed by atoms with van der Waals surface area (Å²) in [5.74, 6) is -0.849. The Morgan fingerprint density at radius 1 is 1.31 bits per heavy atom. The quantitative estimate of drug-likeness (QED) is 0.771. The number of aromatic nitrogens is 2. The summed E-state index contributed by atoms with van der Waals surface area (Å²) in [6, 6.07) is 6.02. The Morgan fingerprint density at radius 3 is 2.65 bits per heavy atom. The van der Waals surface area contributed by atoms with Gasteiger partial charge >= 0.3 is 6.18 Å². The SMILES string of the molecule is Cc1ccc(CN(CCC(F)(F)F)C(=O)c2cc(C3CC3)n[nH]2)c(F)c1. The zero-order valence-corrected chi connectivity index (χ0v) is 14.2. The van der Waals surface area contributed by atoms with Gasteiger partial charge in [0.25, 0.3) is 5.91 Å². The Bertz CT molecular complexity index is 796. The maximum absolute atomic E-state index is 14.1. The normalized spacial score (nSPS) is 14.5. The largest absolute Gasteiger partial charge is 0.390 e. The lowest BCUT2D eigenvalue weighted by molar-refractivity contribution is -0.136. The van der Waals surface area contributed by atoms with Gasteiger partial charge in [0.2, 0.25) is 0 Å². The first kappa shape index (κ1) is 18.4. The van der Waals surface area contributed by atoms with Gasteiger partial charge in [0.05, 0.1) is 12.1 Å². The van der Waals surface area contributed by atoms with Crippen LogP contribution in [0.3, 0.4) is 0 Å². The molecule has 1 fully saturated rings. The van der Waals surface area contributed by atoms with Crippen LogP contribution < -0.4 is 0 Å². The summed E-state index contributed by atoms with van der Waals surface area (Å²) in [6.45, 7) is 0.926. The van der Waals surface area contributed by atoms with Crippen LogP contribution in [0.5, 0.6) is 0 Å². The second kappa shape index (κ2) is 7.09. The van der Waals surface area contributed by atoms with Crippen molar-refractivity contribution in [2.75, 3.05) is 6.54 Å². The fourth-order valence-electron chi connectivity index (χ4n) is 2.71. The van der Waals surface area contributed by atoms with Crippen LogP contribution in [0, 0.1) is 12.7 Å². The highest BCUT2D eigenvalue weighted by Gasteiger charge is 2.31. The van der Waals surface area contributed by atoms with Crippen molar-refractivity contribution in [1.82, 2.24) is 15.1 Å². The first-order chi connectivity index (χ1) is 12.2. The summed E-state index contributed by atoms with van der Waals surface area (Å²) < 4.78 is 52.0. The maximum Gasteiger partial charge on any atom is 0.390 e. The molecule has 1 aliphatic carbocycles. The number of hydrogen-bond acceptors (Lipinski definition) is 2. The van der Waals surface area contributed by atoms with E-state index in [-0.39, 0.29) is 17.8 Å². The van der Waals surface area contributed by atoms with E-state index in [1.54, 1.807) is 19.1 Å². The number of carbonyl (C=O) groups excluding carboxylic acids is 1. The van der Waals surface area contributed by atoms with Crippen molar-refractivity contribution < 1.29 is 22.4 Å². The Balaban J connectivity index is 1.79. The molecule has 1 saturated carbocycles. The number of H-pyrrole nitrogens is 1. The Kier molecular flexibility index (Phi) is 5.02. The molecule has 1 N–H and O–H groups in total. The predicted molar refractivity (Wildman–Crippen MR) is 87.1 cm³/mol. The van der Waals surface area contributed by atoms with Gasteiger partial charge in [0, 0.05) is 24.6 Å². The molecule has 2 aromatic rings. The Hall–Kier alpha value is -2.38. The number of benzene rings is 1. The lowest BCUT2D eigenvalue weighted by atomic mass is 10.1. The van der Waals surface area contributed by atoms with Crippen molar-refractivity contribution in [2.24, 2.45) is 0 Å². The molecular weight excluding hydrogens is 350 g/mol. The molecule has 1 aromatic heterocycles. The van der Waals surface area contributed by atoms with E-state index in [9.17, 15) is 22.4 Å². The van der Waals surface area contributed by atoms with Crippen molar-refractivity contribution in [3.05, 3.63) is 52.6 Å². The molecule has 8 heteroatoms. The van der Waals surface area contributed by atoms with Crippen LogP contribution >= 0.6 is 0 Å². The van der Waals surface area contributed by atoms with Crippen LogP contribution in [-0.2, 0) is 6.54 Å². The van der Waals surface area contributed by atoms with E-state index >= 15 is 0 Å². The summed E-state index contributed by atoms with van der Waals surface area (Å²) in [4.78, 5) is 13.7. The number of halogens is 4. The lowest BCUT2D eigenvalue weighted by Crippen LogP contribution is -2.34. The standard InChI is InChI=1S/C18H19F4N3O/c1-11-2-3-13(14(19)8-11)10-25(7-6-18(20,21)22)17(26)16-9-15(23-24-16)12-4-5-12/h2-3,8-9,12H,4-7,10H2,1H3,(H,23,24). The number of amides is 1. The number of rotatable bonds is 6. The monoisotopic (exact) mass is 369 g/mol. The van der Waals surface area contributed by atoms with E-state index in [4.69, 9.17) is 0 Å². The fourth-order valence-corrected chi connectivity index (χ4v) is 2.71. The Morgan fingerprint density at radius 2 is 2.04 bits per heavy atom. The molecule has 0 spiro atoms. The predicted octanol–water partition coefficient (Wildman–Crippen LogP) is 4.33. The molecule has 1 aliphatic rings. The van der Waals surface area contributed by atoms with Gasteiger partial charge in [-0.2, -0.15) is 18.3 Å². The number of aromatic amines is 1. The van der Waals surface area contributed by atoms with E-state index in [0.29, 0.717) is 11.5 Å². The van der Waals surface area contributed by atoms with E-state index in [1.165, 1.54) is 12.1 Å². The smallest absolute Gasteiger partial charge is 0.333 e. The van der Waals surface area contributed by atoms with Crippen LogP contribution in [0.2, 0.25) is 0 Å². The fraction of sp³-hybridized carbons (Fsp3) is 0.444. The first-order valence-corrected chi connectivity index (χ1v) is 8.39. The second-order valence-electron chi connectivity index (χ2n) is 6.67. The molecule has 0 radical (unpaired) electrons. The van der Waals surface area contributed by atoms with E-state index in [2.05, 4.69) is 10.2 Å². The molecule has 1 heterocycles. The second-order valence-corrected chi connectivity index (χ2v) is 6.67. The summed E-state index contributed by atoms with van der Waals surface area (Å²) in [6.07, 6.45) is -3.58. The molecule has 0 bridgehead atoms. The minimum absolute atomic E-state index is 0.126. The van der Waals surface area contributed by atoms with Crippen molar-refractivity contribution in [2.45, 2.75) is 44.8 Å². The summed E-state index contributed by atoms with van der Waals surface area (Å²) in [7, 11) is 0. The van der Waals surface area contributed by atoms with Gasteiger partial charge in [-0.05, 0) is 37.5 Å². The van der Waals surface area contributed by atoms with Gasteiger partial charge in [-0.3, -0.25) is 9.89 Å². The van der Waals surface area contributed by atoms with Gasteiger partial charge < -0.3 is 4.90 Å². The van der Waals surface area contributed by atoms with Crippen molar-refractivity contribution >= 4 is 5.91 Å². The van der Waals surface area contributed by atoms with Gasteiger partial charge in [0.1, 0.15) is 11.5 Å². The molecular formula is C18H19F4N3O. The van der Waals surface area contributed by atoms with Gasteiger partial charge in [-0.15, -0.1) is 0 Å². The highest BCUT2D eigenvalue weighted by atomic mass is 19.4. The topological polar surface area (TPSA) is 49.0 Å². The lowest BCUT2D eigenvalue weighted by Gasteiger charge is -2.23. The van der Waals surface area contributed by atoms with Crippen LogP contribution in [0.25, 0.3) is 0 Å². The molecule has 26 heavy (non-hydrogen) atoms. The molecule has 0 aliphatic heterocycles. The van der Waals surface area contributed by atoms with Crippen molar-refractivity contribution in [3.8, 4) is 0 Å². The van der Waals surface area contributed by atoms with Crippen LogP contribution in [0.4, 0.5) is 17.6 Å². The van der Waals surface area contributed by atoms with E-state index in [1.807, 2.05) is 0 Å². The third-order valence-electron chi connectivity index (χ3n) is 4.35. The number of hydrogen-bond donors (Lipinski definition) is 1. The number of nitrogens with one attached hydrogen (secondary N) is 1. The molecule has 0 unspecified atom stereocenters.